The first-order chi connectivity index (χ1) is 13.2. The van der Waals surface area contributed by atoms with Crippen molar-refractivity contribution in [2.75, 3.05) is 6.61 Å². The Bertz CT molecular complexity index is 1000. The van der Waals surface area contributed by atoms with Gasteiger partial charge in [0.2, 0.25) is 0 Å². The highest BCUT2D eigenvalue weighted by Gasteiger charge is 2.28. The number of benzene rings is 1. The van der Waals surface area contributed by atoms with Gasteiger partial charge in [-0.2, -0.15) is 0 Å². The molecule has 1 aromatic carbocycles. The number of nitrogens with zero attached hydrogens (tertiary/aromatic N) is 3. The first kappa shape index (κ1) is 16.4. The fourth-order valence-electron chi connectivity index (χ4n) is 3.68. The second kappa shape index (κ2) is 6.46. The van der Waals surface area contributed by atoms with Gasteiger partial charge in [-0.1, -0.05) is 6.07 Å². The largest absolute Gasteiger partial charge is 0.478 e. The Morgan fingerprint density at radius 1 is 1.26 bits per heavy atom. The number of fused-ring (bicyclic) bond motifs is 1. The summed E-state index contributed by atoms with van der Waals surface area (Å²) in [5, 5.41) is 9.63. The molecule has 1 N–H and O–H groups in total. The second-order valence-corrected chi connectivity index (χ2v) is 7.48. The maximum atomic E-state index is 11.7. The summed E-state index contributed by atoms with van der Waals surface area (Å²) in [7, 11) is 0. The van der Waals surface area contributed by atoms with Gasteiger partial charge in [0, 0.05) is 24.8 Å². The van der Waals surface area contributed by atoms with E-state index < -0.39 is 5.97 Å². The number of carbonyl (C=O) groups is 1. The van der Waals surface area contributed by atoms with Gasteiger partial charge in [0.05, 0.1) is 34.9 Å². The molecule has 1 atom stereocenters. The number of aromatic carboxylic acids is 1. The van der Waals surface area contributed by atoms with Gasteiger partial charge in [-0.25, -0.2) is 9.78 Å². The van der Waals surface area contributed by atoms with Crippen LogP contribution in [0.15, 0.2) is 36.5 Å². The molecule has 1 aliphatic heterocycles. The number of rotatable bonds is 6. The zero-order chi connectivity index (χ0) is 18.4. The number of carboxylic acids is 1. The molecule has 0 spiro atoms. The summed E-state index contributed by atoms with van der Waals surface area (Å²) in [5.74, 6) is 0.785. The normalized spacial score (nSPS) is 19.2. The van der Waals surface area contributed by atoms with Crippen molar-refractivity contribution in [2.45, 2.75) is 38.3 Å². The minimum Gasteiger partial charge on any atom is -0.478 e. The molecule has 2 aliphatic rings. The maximum absolute atomic E-state index is 11.7. The second-order valence-electron chi connectivity index (χ2n) is 7.48. The van der Waals surface area contributed by atoms with Crippen LogP contribution in [-0.4, -0.2) is 38.3 Å². The molecule has 3 heterocycles. The molecule has 0 bridgehead atoms. The number of carboxylic acid groups (broad SMARTS) is 1. The predicted molar refractivity (Wildman–Crippen MR) is 101 cm³/mol. The van der Waals surface area contributed by atoms with Gasteiger partial charge in [0.15, 0.2) is 0 Å². The van der Waals surface area contributed by atoms with E-state index in [1.807, 2.05) is 18.2 Å². The van der Waals surface area contributed by atoms with E-state index in [1.165, 1.54) is 12.8 Å². The van der Waals surface area contributed by atoms with Gasteiger partial charge in [0.1, 0.15) is 5.82 Å². The fourth-order valence-corrected chi connectivity index (χ4v) is 3.68. The summed E-state index contributed by atoms with van der Waals surface area (Å²) in [4.78, 5) is 21.1. The lowest BCUT2D eigenvalue weighted by atomic mass is 10.0. The van der Waals surface area contributed by atoms with Gasteiger partial charge in [-0.15, -0.1) is 0 Å². The minimum atomic E-state index is -0.939. The van der Waals surface area contributed by atoms with E-state index in [2.05, 4.69) is 9.55 Å². The van der Waals surface area contributed by atoms with Crippen LogP contribution in [0.4, 0.5) is 0 Å². The lowest BCUT2D eigenvalue weighted by Gasteiger charge is -2.27. The van der Waals surface area contributed by atoms with Crippen molar-refractivity contribution in [2.24, 2.45) is 5.92 Å². The zero-order valence-electron chi connectivity index (χ0n) is 15.0. The van der Waals surface area contributed by atoms with Gasteiger partial charge in [0.25, 0.3) is 0 Å². The average Bonchev–Trinajstić information content (AvgIpc) is 3.39. The monoisotopic (exact) mass is 363 g/mol. The quantitative estimate of drug-likeness (QED) is 0.725. The topological polar surface area (TPSA) is 77.2 Å². The average molecular weight is 363 g/mol. The Morgan fingerprint density at radius 2 is 2.11 bits per heavy atom. The molecular formula is C21H21N3O3. The van der Waals surface area contributed by atoms with Crippen LogP contribution in [0.5, 0.6) is 0 Å². The number of pyridine rings is 1. The van der Waals surface area contributed by atoms with Crippen molar-refractivity contribution >= 4 is 17.0 Å². The summed E-state index contributed by atoms with van der Waals surface area (Å²) in [6.45, 7) is 1.53. The smallest absolute Gasteiger partial charge is 0.335 e. The van der Waals surface area contributed by atoms with Crippen LogP contribution in [0.2, 0.25) is 0 Å². The van der Waals surface area contributed by atoms with E-state index in [0.717, 1.165) is 54.1 Å². The molecule has 2 aromatic heterocycles. The highest BCUT2D eigenvalue weighted by molar-refractivity contribution is 5.99. The fraction of sp³-hybridized carbons (Fsp3) is 0.381. The molecule has 1 aliphatic carbocycles. The van der Waals surface area contributed by atoms with Gasteiger partial charge in [-0.3, -0.25) is 4.98 Å². The summed E-state index contributed by atoms with van der Waals surface area (Å²) in [6.07, 6.45) is 6.37. The third kappa shape index (κ3) is 3.10. The van der Waals surface area contributed by atoms with Gasteiger partial charge >= 0.3 is 5.97 Å². The number of hydrogen-bond acceptors (Lipinski definition) is 4. The Hall–Kier alpha value is -2.73. The lowest BCUT2D eigenvalue weighted by Crippen LogP contribution is -2.31. The van der Waals surface area contributed by atoms with Crippen molar-refractivity contribution in [3.63, 3.8) is 0 Å². The molecule has 6 nitrogen and oxygen atoms in total. The summed E-state index contributed by atoms with van der Waals surface area (Å²) < 4.78 is 7.82. The van der Waals surface area contributed by atoms with E-state index in [4.69, 9.17) is 9.72 Å². The number of aromatic nitrogens is 3. The Morgan fingerprint density at radius 3 is 2.74 bits per heavy atom. The van der Waals surface area contributed by atoms with Crippen LogP contribution in [0.1, 0.15) is 35.4 Å². The Balaban J connectivity index is 1.71. The highest BCUT2D eigenvalue weighted by atomic mass is 16.5. The molecule has 0 unspecified atom stereocenters. The summed E-state index contributed by atoms with van der Waals surface area (Å²) in [5.41, 5.74) is 3.47. The molecule has 2 fully saturated rings. The van der Waals surface area contributed by atoms with Crippen molar-refractivity contribution in [3.05, 3.63) is 47.9 Å². The number of hydrogen-bond donors (Lipinski definition) is 1. The van der Waals surface area contributed by atoms with E-state index in [1.54, 1.807) is 18.3 Å². The molecule has 27 heavy (non-hydrogen) atoms. The van der Waals surface area contributed by atoms with Crippen molar-refractivity contribution in [1.82, 2.24) is 14.5 Å². The van der Waals surface area contributed by atoms with Gasteiger partial charge < -0.3 is 14.4 Å². The van der Waals surface area contributed by atoms with Crippen LogP contribution in [0, 0.1) is 5.92 Å². The van der Waals surface area contributed by atoms with Crippen LogP contribution in [-0.2, 0) is 17.7 Å². The lowest BCUT2D eigenvalue weighted by molar-refractivity contribution is -0.0590. The number of imidazole rings is 1. The predicted octanol–water partition coefficient (Wildman–Crippen LogP) is 3.54. The highest BCUT2D eigenvalue weighted by Crippen LogP contribution is 2.36. The zero-order valence-corrected chi connectivity index (χ0v) is 15.0. The summed E-state index contributed by atoms with van der Waals surface area (Å²) >= 11 is 0. The SMILES string of the molecule is O=C(O)c1cc(-c2ccccn2)c2nc(CC3CC3)n(C[C@@H]3CCO3)c2c1. The third-order valence-electron chi connectivity index (χ3n) is 5.47. The first-order valence-corrected chi connectivity index (χ1v) is 9.48. The van der Waals surface area contributed by atoms with E-state index in [9.17, 15) is 9.90 Å². The minimum absolute atomic E-state index is 0.187. The standard InChI is InChI=1S/C21H21N3O3/c25-21(26)14-10-16(17-3-1-2-7-22-17)20-18(11-14)24(12-15-6-8-27-15)19(23-20)9-13-4-5-13/h1-3,7,10-11,13,15H,4-6,8-9,12H2,(H,25,26)/t15-/m0/s1. The molecule has 1 saturated heterocycles. The van der Waals surface area contributed by atoms with Crippen molar-refractivity contribution in [3.8, 4) is 11.3 Å². The van der Waals surface area contributed by atoms with Crippen LogP contribution in [0.25, 0.3) is 22.3 Å². The Labute approximate surface area is 156 Å². The molecule has 0 amide bonds. The molecule has 6 heteroatoms. The Kier molecular flexibility index (Phi) is 3.93. The molecular weight excluding hydrogens is 342 g/mol. The van der Waals surface area contributed by atoms with Crippen LogP contribution >= 0.6 is 0 Å². The van der Waals surface area contributed by atoms with Gasteiger partial charge in [-0.05, 0) is 49.4 Å². The van der Waals surface area contributed by atoms with E-state index in [0.29, 0.717) is 5.92 Å². The van der Waals surface area contributed by atoms with Crippen LogP contribution in [0.3, 0.4) is 0 Å². The molecule has 0 radical (unpaired) electrons. The van der Waals surface area contributed by atoms with Crippen molar-refractivity contribution in [1.29, 1.82) is 0 Å². The molecule has 1 saturated carbocycles. The van der Waals surface area contributed by atoms with E-state index in [-0.39, 0.29) is 11.7 Å². The summed E-state index contributed by atoms with van der Waals surface area (Å²) in [6, 6.07) is 9.09. The molecule has 3 aromatic rings. The molecule has 5 rings (SSSR count). The number of ether oxygens (including phenoxy) is 1. The van der Waals surface area contributed by atoms with E-state index >= 15 is 0 Å². The maximum Gasteiger partial charge on any atom is 0.335 e. The molecule has 138 valence electrons. The van der Waals surface area contributed by atoms with Crippen LogP contribution < -0.4 is 0 Å². The van der Waals surface area contributed by atoms with Crippen molar-refractivity contribution < 1.29 is 14.6 Å². The first-order valence-electron chi connectivity index (χ1n) is 9.48. The third-order valence-corrected chi connectivity index (χ3v) is 5.47.